The molecule has 2 N–H and O–H groups in total. The Balaban J connectivity index is 1.59. The zero-order valence-electron chi connectivity index (χ0n) is 11.3. The van der Waals surface area contributed by atoms with Crippen LogP contribution in [0.4, 0.5) is 0 Å². The van der Waals surface area contributed by atoms with Crippen molar-refractivity contribution in [1.82, 2.24) is 25.1 Å². The first kappa shape index (κ1) is 12.2. The predicted octanol–water partition coefficient (Wildman–Crippen LogP) is 0.975. The first-order chi connectivity index (χ1) is 10.3. The molecule has 7 heteroatoms. The van der Waals surface area contributed by atoms with Crippen LogP contribution in [0.3, 0.4) is 0 Å². The fourth-order valence-electron chi connectivity index (χ4n) is 2.61. The van der Waals surface area contributed by atoms with Gasteiger partial charge in [-0.1, -0.05) is 34.6 Å². The SMILES string of the molecule is NCCn1cc(-c2nc(C3Cc4ccccc43)no2)nn1. The second-order valence-corrected chi connectivity index (χ2v) is 5.07. The zero-order chi connectivity index (χ0) is 14.2. The summed E-state index contributed by atoms with van der Waals surface area (Å²) in [6.45, 7) is 1.13. The fourth-order valence-corrected chi connectivity index (χ4v) is 2.61. The van der Waals surface area contributed by atoms with Crippen LogP contribution >= 0.6 is 0 Å². The maximum atomic E-state index is 5.48. The van der Waals surface area contributed by atoms with Gasteiger partial charge < -0.3 is 10.3 Å². The van der Waals surface area contributed by atoms with Crippen molar-refractivity contribution in [1.29, 1.82) is 0 Å². The molecule has 2 aromatic heterocycles. The van der Waals surface area contributed by atoms with Crippen molar-refractivity contribution in [2.75, 3.05) is 6.54 Å². The molecule has 21 heavy (non-hydrogen) atoms. The Labute approximate surface area is 120 Å². The molecule has 1 unspecified atom stereocenters. The maximum absolute atomic E-state index is 5.48. The molecule has 0 amide bonds. The van der Waals surface area contributed by atoms with Crippen LogP contribution in [-0.2, 0) is 13.0 Å². The number of rotatable bonds is 4. The van der Waals surface area contributed by atoms with Crippen molar-refractivity contribution in [3.05, 3.63) is 47.4 Å². The molecule has 7 nitrogen and oxygen atoms in total. The summed E-state index contributed by atoms with van der Waals surface area (Å²) in [7, 11) is 0. The van der Waals surface area contributed by atoms with Gasteiger partial charge in [-0.05, 0) is 17.5 Å². The van der Waals surface area contributed by atoms with Crippen LogP contribution in [0.5, 0.6) is 0 Å². The van der Waals surface area contributed by atoms with Crippen molar-refractivity contribution in [2.45, 2.75) is 18.9 Å². The third-order valence-corrected chi connectivity index (χ3v) is 3.72. The summed E-state index contributed by atoms with van der Waals surface area (Å²) in [6.07, 6.45) is 2.72. The molecular weight excluding hydrogens is 268 g/mol. The molecular formula is C14H14N6O. The lowest BCUT2D eigenvalue weighted by atomic mass is 9.77. The summed E-state index contributed by atoms with van der Waals surface area (Å²) in [5.41, 5.74) is 8.69. The molecule has 0 bridgehead atoms. The van der Waals surface area contributed by atoms with Crippen molar-refractivity contribution in [3.8, 4) is 11.6 Å². The highest BCUT2D eigenvalue weighted by Gasteiger charge is 2.31. The number of nitrogens with two attached hydrogens (primary N) is 1. The summed E-state index contributed by atoms with van der Waals surface area (Å²) < 4.78 is 6.97. The van der Waals surface area contributed by atoms with E-state index in [1.165, 1.54) is 11.1 Å². The Bertz CT molecular complexity index is 777. The highest BCUT2D eigenvalue weighted by molar-refractivity contribution is 5.47. The second kappa shape index (κ2) is 4.78. The van der Waals surface area contributed by atoms with Gasteiger partial charge in [-0.2, -0.15) is 4.98 Å². The van der Waals surface area contributed by atoms with E-state index in [0.717, 1.165) is 6.42 Å². The van der Waals surface area contributed by atoms with E-state index in [2.05, 4.69) is 32.6 Å². The van der Waals surface area contributed by atoms with Crippen LogP contribution in [-0.4, -0.2) is 31.7 Å². The molecule has 0 spiro atoms. The topological polar surface area (TPSA) is 95.7 Å². The predicted molar refractivity (Wildman–Crippen MR) is 74.4 cm³/mol. The van der Waals surface area contributed by atoms with Crippen molar-refractivity contribution >= 4 is 0 Å². The molecule has 0 fully saturated rings. The van der Waals surface area contributed by atoms with Gasteiger partial charge in [0.05, 0.1) is 18.7 Å². The number of fused-ring (bicyclic) bond motifs is 1. The Morgan fingerprint density at radius 1 is 1.33 bits per heavy atom. The van der Waals surface area contributed by atoms with E-state index in [-0.39, 0.29) is 5.92 Å². The van der Waals surface area contributed by atoms with Gasteiger partial charge in [0.25, 0.3) is 5.89 Å². The number of benzene rings is 1. The fraction of sp³-hybridized carbons (Fsp3) is 0.286. The second-order valence-electron chi connectivity index (χ2n) is 5.07. The van der Waals surface area contributed by atoms with E-state index in [4.69, 9.17) is 10.3 Å². The monoisotopic (exact) mass is 282 g/mol. The van der Waals surface area contributed by atoms with Gasteiger partial charge >= 0.3 is 0 Å². The van der Waals surface area contributed by atoms with Gasteiger partial charge in [0, 0.05) is 6.54 Å². The van der Waals surface area contributed by atoms with E-state index >= 15 is 0 Å². The van der Waals surface area contributed by atoms with E-state index in [0.29, 0.717) is 30.5 Å². The highest BCUT2D eigenvalue weighted by Crippen LogP contribution is 2.38. The van der Waals surface area contributed by atoms with Gasteiger partial charge in [-0.3, -0.25) is 4.68 Å². The lowest BCUT2D eigenvalue weighted by molar-refractivity contribution is 0.415. The lowest BCUT2D eigenvalue weighted by Gasteiger charge is -2.27. The lowest BCUT2D eigenvalue weighted by Crippen LogP contribution is -2.19. The molecule has 0 aliphatic heterocycles. The molecule has 1 aliphatic rings. The minimum atomic E-state index is 0.220. The van der Waals surface area contributed by atoms with E-state index < -0.39 is 0 Å². The van der Waals surface area contributed by atoms with Crippen molar-refractivity contribution in [2.24, 2.45) is 5.73 Å². The number of nitrogens with zero attached hydrogens (tertiary/aromatic N) is 5. The van der Waals surface area contributed by atoms with Crippen molar-refractivity contribution < 1.29 is 4.52 Å². The van der Waals surface area contributed by atoms with Gasteiger partial charge in [0.15, 0.2) is 11.5 Å². The minimum absolute atomic E-state index is 0.220. The molecule has 4 rings (SSSR count). The first-order valence-electron chi connectivity index (χ1n) is 6.87. The smallest absolute Gasteiger partial charge is 0.280 e. The van der Waals surface area contributed by atoms with Gasteiger partial charge in [0.2, 0.25) is 0 Å². The van der Waals surface area contributed by atoms with Crippen LogP contribution in [0, 0.1) is 0 Å². The molecule has 106 valence electrons. The van der Waals surface area contributed by atoms with Crippen LogP contribution in [0.2, 0.25) is 0 Å². The van der Waals surface area contributed by atoms with Crippen LogP contribution in [0.25, 0.3) is 11.6 Å². The molecule has 0 saturated heterocycles. The van der Waals surface area contributed by atoms with Crippen LogP contribution in [0.1, 0.15) is 22.9 Å². The third kappa shape index (κ3) is 2.02. The van der Waals surface area contributed by atoms with Gasteiger partial charge in [-0.15, -0.1) is 5.10 Å². The number of hydrogen-bond acceptors (Lipinski definition) is 6. The Hall–Kier alpha value is -2.54. The quantitative estimate of drug-likeness (QED) is 0.766. The molecule has 1 aliphatic carbocycles. The van der Waals surface area contributed by atoms with E-state index in [1.54, 1.807) is 10.9 Å². The van der Waals surface area contributed by atoms with E-state index in [1.807, 2.05) is 12.1 Å². The Morgan fingerprint density at radius 2 is 2.24 bits per heavy atom. The normalized spacial score (nSPS) is 16.5. The van der Waals surface area contributed by atoms with Gasteiger partial charge in [-0.25, -0.2) is 0 Å². The molecule has 0 saturated carbocycles. The zero-order valence-corrected chi connectivity index (χ0v) is 11.3. The number of hydrogen-bond donors (Lipinski definition) is 1. The van der Waals surface area contributed by atoms with Crippen LogP contribution in [0.15, 0.2) is 35.0 Å². The first-order valence-corrected chi connectivity index (χ1v) is 6.87. The minimum Gasteiger partial charge on any atom is -0.332 e. The standard InChI is InChI=1S/C14H14N6O/c15-5-6-20-8-12(17-19-20)14-16-13(18-21-14)11-7-9-3-1-2-4-10(9)11/h1-4,8,11H,5-7,15H2. The number of aromatic nitrogens is 5. The Morgan fingerprint density at radius 3 is 3.10 bits per heavy atom. The third-order valence-electron chi connectivity index (χ3n) is 3.72. The highest BCUT2D eigenvalue weighted by atomic mass is 16.5. The molecule has 3 aromatic rings. The summed E-state index contributed by atoms with van der Waals surface area (Å²) in [5.74, 6) is 1.33. The molecule has 1 atom stereocenters. The summed E-state index contributed by atoms with van der Waals surface area (Å²) in [5, 5.41) is 12.1. The Kier molecular flexibility index (Phi) is 2.78. The average Bonchev–Trinajstić information content (AvgIpc) is 3.10. The average molecular weight is 282 g/mol. The molecule has 1 aromatic carbocycles. The summed E-state index contributed by atoms with van der Waals surface area (Å²) in [4.78, 5) is 4.45. The summed E-state index contributed by atoms with van der Waals surface area (Å²) in [6, 6.07) is 8.32. The van der Waals surface area contributed by atoms with Gasteiger partial charge in [0.1, 0.15) is 0 Å². The maximum Gasteiger partial charge on any atom is 0.280 e. The van der Waals surface area contributed by atoms with E-state index in [9.17, 15) is 0 Å². The molecule has 2 heterocycles. The van der Waals surface area contributed by atoms with Crippen LogP contribution < -0.4 is 5.73 Å². The van der Waals surface area contributed by atoms with Crippen molar-refractivity contribution in [3.63, 3.8) is 0 Å². The summed E-state index contributed by atoms with van der Waals surface area (Å²) >= 11 is 0. The largest absolute Gasteiger partial charge is 0.332 e. The molecule has 0 radical (unpaired) electrons.